The van der Waals surface area contributed by atoms with Crippen molar-refractivity contribution < 1.29 is 8.42 Å². The summed E-state index contributed by atoms with van der Waals surface area (Å²) in [4.78, 5) is 0. The molecule has 0 bridgehead atoms. The molecule has 21 heavy (non-hydrogen) atoms. The van der Waals surface area contributed by atoms with Gasteiger partial charge in [0.25, 0.3) is 10.0 Å². The zero-order valence-electron chi connectivity index (χ0n) is 11.6. The normalized spacial score (nSPS) is 12.1. The van der Waals surface area contributed by atoms with E-state index in [1.165, 1.54) is 15.6 Å². The van der Waals surface area contributed by atoms with Crippen LogP contribution < -0.4 is 0 Å². The number of rotatable bonds is 4. The van der Waals surface area contributed by atoms with Gasteiger partial charge in [0.1, 0.15) is 4.21 Å². The monoisotopic (exact) mass is 317 g/mol. The maximum atomic E-state index is 12.5. The van der Waals surface area contributed by atoms with Crippen molar-refractivity contribution in [3.63, 3.8) is 0 Å². The average molecular weight is 317 g/mol. The minimum absolute atomic E-state index is 0.363. The van der Waals surface area contributed by atoms with E-state index in [0.717, 1.165) is 16.3 Å². The molecule has 0 aliphatic rings. The van der Waals surface area contributed by atoms with E-state index in [1.807, 2.05) is 42.5 Å². The molecule has 3 nitrogen and oxygen atoms in total. The molecule has 3 rings (SSSR count). The van der Waals surface area contributed by atoms with E-state index in [4.69, 9.17) is 0 Å². The van der Waals surface area contributed by atoms with Gasteiger partial charge in [0.15, 0.2) is 0 Å². The molecule has 5 heteroatoms. The summed E-state index contributed by atoms with van der Waals surface area (Å²) in [6, 6.07) is 17.4. The highest BCUT2D eigenvalue weighted by Crippen LogP contribution is 2.24. The molecule has 0 fully saturated rings. The van der Waals surface area contributed by atoms with Crippen LogP contribution in [-0.2, 0) is 16.6 Å². The van der Waals surface area contributed by atoms with Crippen molar-refractivity contribution in [3.8, 4) is 0 Å². The summed E-state index contributed by atoms with van der Waals surface area (Å²) in [5.41, 5.74) is 1.01. The molecule has 0 amide bonds. The molecule has 0 spiro atoms. The van der Waals surface area contributed by atoms with Gasteiger partial charge < -0.3 is 0 Å². The van der Waals surface area contributed by atoms with Crippen molar-refractivity contribution in [2.45, 2.75) is 10.8 Å². The van der Waals surface area contributed by atoms with E-state index >= 15 is 0 Å². The topological polar surface area (TPSA) is 37.4 Å². The molecule has 0 aliphatic heterocycles. The third-order valence-electron chi connectivity index (χ3n) is 3.43. The Morgan fingerprint density at radius 2 is 1.76 bits per heavy atom. The maximum absolute atomic E-state index is 12.5. The molecule has 0 unspecified atom stereocenters. The van der Waals surface area contributed by atoms with Gasteiger partial charge in [-0.15, -0.1) is 11.3 Å². The van der Waals surface area contributed by atoms with Crippen LogP contribution in [0.25, 0.3) is 10.8 Å². The fourth-order valence-electron chi connectivity index (χ4n) is 2.32. The van der Waals surface area contributed by atoms with Crippen LogP contribution in [0.2, 0.25) is 0 Å². The first-order chi connectivity index (χ1) is 10.1. The van der Waals surface area contributed by atoms with Gasteiger partial charge >= 0.3 is 0 Å². The van der Waals surface area contributed by atoms with Gasteiger partial charge in [-0.05, 0) is 27.8 Å². The van der Waals surface area contributed by atoms with E-state index in [1.54, 1.807) is 24.6 Å². The van der Waals surface area contributed by atoms with E-state index in [2.05, 4.69) is 0 Å². The van der Waals surface area contributed by atoms with Crippen molar-refractivity contribution >= 4 is 32.1 Å². The lowest BCUT2D eigenvalue weighted by Gasteiger charge is -2.17. The molecule has 0 radical (unpaired) electrons. The molecule has 1 aromatic heterocycles. The van der Waals surface area contributed by atoms with Gasteiger partial charge in [-0.25, -0.2) is 8.42 Å². The van der Waals surface area contributed by atoms with Gasteiger partial charge in [-0.3, -0.25) is 0 Å². The van der Waals surface area contributed by atoms with E-state index < -0.39 is 10.0 Å². The lowest BCUT2D eigenvalue weighted by atomic mass is 10.0. The minimum Gasteiger partial charge on any atom is -0.206 e. The lowest BCUT2D eigenvalue weighted by molar-refractivity contribution is 0.470. The van der Waals surface area contributed by atoms with Crippen LogP contribution in [-0.4, -0.2) is 19.8 Å². The van der Waals surface area contributed by atoms with Crippen LogP contribution in [0.1, 0.15) is 5.56 Å². The zero-order valence-corrected chi connectivity index (χ0v) is 13.2. The third kappa shape index (κ3) is 2.72. The number of hydrogen-bond acceptors (Lipinski definition) is 3. The van der Waals surface area contributed by atoms with Crippen molar-refractivity contribution in [1.29, 1.82) is 0 Å². The van der Waals surface area contributed by atoms with Crippen molar-refractivity contribution in [3.05, 3.63) is 65.5 Å². The molecule has 0 atom stereocenters. The van der Waals surface area contributed by atoms with Gasteiger partial charge in [0, 0.05) is 13.6 Å². The Hall–Kier alpha value is -1.69. The van der Waals surface area contributed by atoms with Crippen LogP contribution in [0.3, 0.4) is 0 Å². The highest BCUT2D eigenvalue weighted by atomic mass is 32.2. The van der Waals surface area contributed by atoms with Crippen LogP contribution in [0.15, 0.2) is 64.2 Å². The number of thiophene rings is 1. The standard InChI is InChI=1S/C16H15NO2S2/c1-17(21(18,19)16-10-5-11-20-16)12-14-8-4-7-13-6-2-3-9-15(13)14/h2-11H,12H2,1H3. The second kappa shape index (κ2) is 5.60. The maximum Gasteiger partial charge on any atom is 0.252 e. The van der Waals surface area contributed by atoms with Gasteiger partial charge in [0.2, 0.25) is 0 Å². The molecule has 0 N–H and O–H groups in total. The summed E-state index contributed by atoms with van der Waals surface area (Å²) < 4.78 is 26.7. The first-order valence-electron chi connectivity index (χ1n) is 6.55. The predicted molar refractivity (Wildman–Crippen MR) is 86.9 cm³/mol. The molecular formula is C16H15NO2S2. The first kappa shape index (κ1) is 14.3. The highest BCUT2D eigenvalue weighted by Gasteiger charge is 2.22. The lowest BCUT2D eigenvalue weighted by Crippen LogP contribution is -2.25. The van der Waals surface area contributed by atoms with Crippen LogP contribution >= 0.6 is 11.3 Å². The number of benzene rings is 2. The molecule has 0 saturated heterocycles. The number of hydrogen-bond donors (Lipinski definition) is 0. The van der Waals surface area contributed by atoms with Crippen LogP contribution in [0, 0.1) is 0 Å². The average Bonchev–Trinajstić information content (AvgIpc) is 3.02. The minimum atomic E-state index is -3.41. The molecular weight excluding hydrogens is 302 g/mol. The summed E-state index contributed by atoms with van der Waals surface area (Å²) in [6.07, 6.45) is 0. The highest BCUT2D eigenvalue weighted by molar-refractivity contribution is 7.91. The SMILES string of the molecule is CN(Cc1cccc2ccccc12)S(=O)(=O)c1cccs1. The summed E-state index contributed by atoms with van der Waals surface area (Å²) in [5, 5.41) is 3.99. The number of sulfonamides is 1. The quantitative estimate of drug-likeness (QED) is 0.735. The Kier molecular flexibility index (Phi) is 3.80. The fraction of sp³-hybridized carbons (Fsp3) is 0.125. The summed E-state index contributed by atoms with van der Waals surface area (Å²) >= 11 is 1.24. The molecule has 108 valence electrons. The Balaban J connectivity index is 1.96. The van der Waals surface area contributed by atoms with E-state index in [0.29, 0.717) is 10.8 Å². The third-order valence-corrected chi connectivity index (χ3v) is 6.61. The first-order valence-corrected chi connectivity index (χ1v) is 8.87. The van der Waals surface area contributed by atoms with Crippen LogP contribution in [0.4, 0.5) is 0 Å². The van der Waals surface area contributed by atoms with Gasteiger partial charge in [-0.2, -0.15) is 4.31 Å². The Morgan fingerprint density at radius 3 is 2.52 bits per heavy atom. The smallest absolute Gasteiger partial charge is 0.206 e. The molecule has 0 saturated carbocycles. The predicted octanol–water partition coefficient (Wildman–Crippen LogP) is 3.72. The second-order valence-corrected chi connectivity index (χ2v) is 8.05. The molecule has 3 aromatic rings. The van der Waals surface area contributed by atoms with Gasteiger partial charge in [0.05, 0.1) is 0 Å². The summed E-state index contributed by atoms with van der Waals surface area (Å²) in [5.74, 6) is 0. The summed E-state index contributed by atoms with van der Waals surface area (Å²) in [6.45, 7) is 0.363. The van der Waals surface area contributed by atoms with Crippen molar-refractivity contribution in [1.82, 2.24) is 4.31 Å². The molecule has 2 aromatic carbocycles. The summed E-state index contributed by atoms with van der Waals surface area (Å²) in [7, 11) is -1.79. The largest absolute Gasteiger partial charge is 0.252 e. The van der Waals surface area contributed by atoms with E-state index in [-0.39, 0.29) is 0 Å². The van der Waals surface area contributed by atoms with Crippen LogP contribution in [0.5, 0.6) is 0 Å². The van der Waals surface area contributed by atoms with Crippen molar-refractivity contribution in [2.24, 2.45) is 0 Å². The Labute approximate surface area is 128 Å². The van der Waals surface area contributed by atoms with Gasteiger partial charge in [-0.1, -0.05) is 48.5 Å². The molecule has 0 aliphatic carbocycles. The fourth-order valence-corrected chi connectivity index (χ4v) is 4.67. The van der Waals surface area contributed by atoms with Crippen molar-refractivity contribution in [2.75, 3.05) is 7.05 Å². The zero-order chi connectivity index (χ0) is 14.9. The Morgan fingerprint density at radius 1 is 1.00 bits per heavy atom. The number of nitrogens with zero attached hydrogens (tertiary/aromatic N) is 1. The second-order valence-electron chi connectivity index (χ2n) is 4.83. The molecule has 1 heterocycles. The Bertz CT molecular complexity index is 850. The number of fused-ring (bicyclic) bond motifs is 1. The van der Waals surface area contributed by atoms with E-state index in [9.17, 15) is 8.42 Å².